The standard InChI is InChI=1S/C20H18ClN7O/c1-12-8-13(4-6-22-12)16-2-3-17-19(24-16)28(15-5-7-27(17)11-15)20(29)25-18-9-14(21)10-23-26-18/h2-4,6,8-10,15H,5,7,11H2,1H3,(H,25,26,29)/t15-/m0/s1. The molecular weight excluding hydrogens is 390 g/mol. The Labute approximate surface area is 172 Å². The van der Waals surface area contributed by atoms with E-state index in [1.807, 2.05) is 31.2 Å². The molecule has 29 heavy (non-hydrogen) atoms. The molecule has 2 bridgehead atoms. The highest BCUT2D eigenvalue weighted by Gasteiger charge is 2.40. The molecule has 1 atom stereocenters. The van der Waals surface area contributed by atoms with Gasteiger partial charge in [-0.2, -0.15) is 5.10 Å². The van der Waals surface area contributed by atoms with Crippen LogP contribution < -0.4 is 15.1 Å². The molecule has 8 nitrogen and oxygen atoms in total. The van der Waals surface area contributed by atoms with Gasteiger partial charge in [-0.25, -0.2) is 9.78 Å². The minimum atomic E-state index is -0.287. The molecule has 0 saturated carbocycles. The second-order valence-electron chi connectivity index (χ2n) is 7.17. The molecule has 1 N–H and O–H groups in total. The molecule has 2 amide bonds. The average Bonchev–Trinajstić information content (AvgIpc) is 3.12. The van der Waals surface area contributed by atoms with E-state index in [1.54, 1.807) is 17.2 Å². The van der Waals surface area contributed by atoms with E-state index < -0.39 is 0 Å². The summed E-state index contributed by atoms with van der Waals surface area (Å²) in [5.41, 5.74) is 3.65. The maximum atomic E-state index is 13.2. The van der Waals surface area contributed by atoms with Crippen LogP contribution in [-0.2, 0) is 0 Å². The van der Waals surface area contributed by atoms with Gasteiger partial charge in [0.25, 0.3) is 0 Å². The Morgan fingerprint density at radius 3 is 3.00 bits per heavy atom. The normalized spacial score (nSPS) is 17.2. The number of nitrogens with one attached hydrogen (secondary N) is 1. The first-order chi connectivity index (χ1) is 14.1. The molecule has 0 spiro atoms. The Morgan fingerprint density at radius 1 is 1.28 bits per heavy atom. The number of nitrogens with zero attached hydrogens (tertiary/aromatic N) is 6. The fraction of sp³-hybridized carbons (Fsp3) is 0.250. The number of amides is 2. The van der Waals surface area contributed by atoms with Gasteiger partial charge in [0.15, 0.2) is 11.6 Å². The summed E-state index contributed by atoms with van der Waals surface area (Å²) in [4.78, 5) is 26.3. The first-order valence-corrected chi connectivity index (χ1v) is 9.74. The Kier molecular flexibility index (Phi) is 4.28. The summed E-state index contributed by atoms with van der Waals surface area (Å²) in [6.07, 6.45) is 4.07. The number of hydrogen-bond donors (Lipinski definition) is 1. The van der Waals surface area contributed by atoms with Gasteiger partial charge in [-0.15, -0.1) is 5.10 Å². The number of fused-ring (bicyclic) bond motifs is 4. The zero-order valence-corrected chi connectivity index (χ0v) is 16.5. The van der Waals surface area contributed by atoms with Crippen molar-refractivity contribution < 1.29 is 4.79 Å². The van der Waals surface area contributed by atoms with Crippen LogP contribution in [0.1, 0.15) is 12.1 Å². The molecule has 3 aromatic rings. The number of aryl methyl sites for hydroxylation is 1. The quantitative estimate of drug-likeness (QED) is 0.699. The fourth-order valence-corrected chi connectivity index (χ4v) is 4.06. The maximum Gasteiger partial charge on any atom is 0.329 e. The summed E-state index contributed by atoms with van der Waals surface area (Å²) in [6, 6.07) is 9.27. The Balaban J connectivity index is 1.53. The molecule has 146 valence electrons. The van der Waals surface area contributed by atoms with Gasteiger partial charge in [0.05, 0.1) is 28.6 Å². The van der Waals surface area contributed by atoms with Crippen LogP contribution in [0.3, 0.4) is 0 Å². The van der Waals surface area contributed by atoms with Gasteiger partial charge in [0.2, 0.25) is 0 Å². The van der Waals surface area contributed by atoms with Crippen molar-refractivity contribution >= 4 is 35.0 Å². The van der Waals surface area contributed by atoms with Crippen LogP contribution in [0.5, 0.6) is 0 Å². The van der Waals surface area contributed by atoms with E-state index in [9.17, 15) is 4.79 Å². The molecule has 2 aliphatic rings. The maximum absolute atomic E-state index is 13.2. The first kappa shape index (κ1) is 17.8. The largest absolute Gasteiger partial charge is 0.366 e. The lowest BCUT2D eigenvalue weighted by Gasteiger charge is -2.35. The van der Waals surface area contributed by atoms with Crippen molar-refractivity contribution in [2.24, 2.45) is 0 Å². The van der Waals surface area contributed by atoms with Crippen molar-refractivity contribution in [3.63, 3.8) is 0 Å². The number of pyridine rings is 2. The van der Waals surface area contributed by atoms with Gasteiger partial charge in [0.1, 0.15) is 0 Å². The van der Waals surface area contributed by atoms with Gasteiger partial charge >= 0.3 is 6.03 Å². The molecule has 0 unspecified atom stereocenters. The molecule has 5 heterocycles. The topological polar surface area (TPSA) is 87.1 Å². The molecule has 5 rings (SSSR count). The van der Waals surface area contributed by atoms with Crippen LogP contribution in [0, 0.1) is 6.92 Å². The van der Waals surface area contributed by atoms with Gasteiger partial charge in [-0.1, -0.05) is 11.6 Å². The van der Waals surface area contributed by atoms with E-state index in [-0.39, 0.29) is 12.1 Å². The summed E-state index contributed by atoms with van der Waals surface area (Å²) in [6.45, 7) is 3.63. The second kappa shape index (κ2) is 6.97. The molecule has 1 saturated heterocycles. The SMILES string of the molecule is Cc1cc(-c2ccc3c(n2)N(C(=O)Nc2cc(Cl)cnn2)[C@H]2CCN3C2)ccn1. The number of carbonyl (C=O) groups excluding carboxylic acids is 1. The van der Waals surface area contributed by atoms with Crippen molar-refractivity contribution in [2.75, 3.05) is 28.2 Å². The highest BCUT2D eigenvalue weighted by molar-refractivity contribution is 6.30. The number of rotatable bonds is 2. The predicted octanol–water partition coefficient (Wildman–Crippen LogP) is 3.53. The molecule has 3 aromatic heterocycles. The second-order valence-corrected chi connectivity index (χ2v) is 7.61. The third-order valence-corrected chi connectivity index (χ3v) is 5.43. The van der Waals surface area contributed by atoms with Crippen LogP contribution in [0.15, 0.2) is 42.7 Å². The van der Waals surface area contributed by atoms with Gasteiger partial charge in [-0.3, -0.25) is 15.2 Å². The van der Waals surface area contributed by atoms with Crippen LogP contribution in [-0.4, -0.2) is 45.3 Å². The van der Waals surface area contributed by atoms with Crippen molar-refractivity contribution in [2.45, 2.75) is 19.4 Å². The fourth-order valence-electron chi connectivity index (χ4n) is 3.91. The van der Waals surface area contributed by atoms with Gasteiger partial charge in [0, 0.05) is 36.6 Å². The molecule has 1 fully saturated rings. The lowest BCUT2D eigenvalue weighted by molar-refractivity contribution is 0.254. The average molecular weight is 408 g/mol. The van der Waals surface area contributed by atoms with Crippen LogP contribution in [0.25, 0.3) is 11.3 Å². The van der Waals surface area contributed by atoms with Crippen molar-refractivity contribution in [3.05, 3.63) is 53.4 Å². The summed E-state index contributed by atoms with van der Waals surface area (Å²) >= 11 is 5.97. The van der Waals surface area contributed by atoms with Gasteiger partial charge in [-0.05, 0) is 37.6 Å². The molecular formula is C20H18ClN7O. The van der Waals surface area contributed by atoms with E-state index in [4.69, 9.17) is 16.6 Å². The smallest absolute Gasteiger partial charge is 0.329 e. The number of halogens is 1. The number of anilines is 3. The first-order valence-electron chi connectivity index (χ1n) is 9.36. The van der Waals surface area contributed by atoms with E-state index in [0.717, 1.165) is 42.1 Å². The van der Waals surface area contributed by atoms with Crippen LogP contribution in [0.4, 0.5) is 22.1 Å². The Bertz CT molecular complexity index is 1110. The summed E-state index contributed by atoms with van der Waals surface area (Å²) in [7, 11) is 0. The number of hydrogen-bond acceptors (Lipinski definition) is 6. The minimum absolute atomic E-state index is 0.0524. The Hall–Kier alpha value is -3.26. The number of carbonyl (C=O) groups is 1. The molecule has 2 aliphatic heterocycles. The third-order valence-electron chi connectivity index (χ3n) is 5.22. The number of urea groups is 1. The van der Waals surface area contributed by atoms with Crippen molar-refractivity contribution in [1.82, 2.24) is 20.2 Å². The third kappa shape index (κ3) is 3.25. The van der Waals surface area contributed by atoms with E-state index in [2.05, 4.69) is 25.4 Å². The van der Waals surface area contributed by atoms with E-state index in [0.29, 0.717) is 16.7 Å². The summed E-state index contributed by atoms with van der Waals surface area (Å²) in [5.74, 6) is 0.962. The van der Waals surface area contributed by atoms with Gasteiger partial charge < -0.3 is 4.90 Å². The molecule has 0 aliphatic carbocycles. The zero-order chi connectivity index (χ0) is 20.0. The lowest BCUT2D eigenvalue weighted by atomic mass is 10.1. The van der Waals surface area contributed by atoms with Crippen molar-refractivity contribution in [3.8, 4) is 11.3 Å². The highest BCUT2D eigenvalue weighted by Crippen LogP contribution is 2.40. The van der Waals surface area contributed by atoms with E-state index >= 15 is 0 Å². The molecule has 0 radical (unpaired) electrons. The molecule has 0 aromatic carbocycles. The highest BCUT2D eigenvalue weighted by atomic mass is 35.5. The van der Waals surface area contributed by atoms with Crippen LogP contribution >= 0.6 is 11.6 Å². The predicted molar refractivity (Wildman–Crippen MR) is 111 cm³/mol. The zero-order valence-electron chi connectivity index (χ0n) is 15.7. The summed E-state index contributed by atoms with van der Waals surface area (Å²) in [5, 5.41) is 10.9. The lowest BCUT2D eigenvalue weighted by Crippen LogP contribution is -2.48. The monoisotopic (exact) mass is 407 g/mol. The number of aromatic nitrogens is 4. The Morgan fingerprint density at radius 2 is 2.17 bits per heavy atom. The van der Waals surface area contributed by atoms with Crippen LogP contribution in [0.2, 0.25) is 5.02 Å². The molecule has 9 heteroatoms. The summed E-state index contributed by atoms with van der Waals surface area (Å²) < 4.78 is 0. The minimum Gasteiger partial charge on any atom is -0.366 e. The van der Waals surface area contributed by atoms with Crippen molar-refractivity contribution in [1.29, 1.82) is 0 Å². The van der Waals surface area contributed by atoms with E-state index in [1.165, 1.54) is 6.20 Å².